The Bertz CT molecular complexity index is 491. The number of hydrogen-bond acceptors (Lipinski definition) is 1. The van der Waals surface area contributed by atoms with Gasteiger partial charge in [0.2, 0.25) is 0 Å². The van der Waals surface area contributed by atoms with E-state index in [0.29, 0.717) is 0 Å². The highest BCUT2D eigenvalue weighted by Crippen LogP contribution is 2.21. The zero-order valence-corrected chi connectivity index (χ0v) is 17.7. The summed E-state index contributed by atoms with van der Waals surface area (Å²) in [5, 5.41) is 10.5. The molecule has 0 saturated carbocycles. The van der Waals surface area contributed by atoms with E-state index in [1.165, 1.54) is 10.9 Å². The number of hydrogen-bond donors (Lipinski definition) is 1. The van der Waals surface area contributed by atoms with Crippen LogP contribution in [-0.4, -0.2) is 15.8 Å². The van der Waals surface area contributed by atoms with Crippen molar-refractivity contribution in [1.29, 1.82) is 0 Å². The number of nitrogens with zero attached hydrogens (tertiary/aromatic N) is 1. The SMILES string of the molecule is CC.CC.CC.CC(O)CCCCn1ccc2cc(Br)ccc21. The normalized spacial score (nSPS) is 10.5. The molecule has 0 fully saturated rings. The number of aryl methyl sites for hydroxylation is 1. The first-order chi connectivity index (χ1) is 11.2. The molecule has 1 heterocycles. The Kier molecular flexibility index (Phi) is 17.1. The van der Waals surface area contributed by atoms with Gasteiger partial charge in [0.1, 0.15) is 0 Å². The van der Waals surface area contributed by atoms with E-state index in [-0.39, 0.29) is 6.10 Å². The number of unbranched alkanes of at least 4 members (excludes halogenated alkanes) is 1. The minimum absolute atomic E-state index is 0.174. The molecule has 2 nitrogen and oxygen atoms in total. The van der Waals surface area contributed by atoms with E-state index in [4.69, 9.17) is 0 Å². The van der Waals surface area contributed by atoms with Gasteiger partial charge in [-0.15, -0.1) is 0 Å². The maximum atomic E-state index is 9.20. The Morgan fingerprint density at radius 2 is 1.61 bits per heavy atom. The van der Waals surface area contributed by atoms with Gasteiger partial charge in [-0.1, -0.05) is 57.5 Å². The van der Waals surface area contributed by atoms with Crippen LogP contribution < -0.4 is 0 Å². The van der Waals surface area contributed by atoms with E-state index in [0.717, 1.165) is 30.3 Å². The van der Waals surface area contributed by atoms with Crippen LogP contribution in [0, 0.1) is 0 Å². The van der Waals surface area contributed by atoms with Gasteiger partial charge >= 0.3 is 0 Å². The Labute approximate surface area is 152 Å². The van der Waals surface area contributed by atoms with Gasteiger partial charge < -0.3 is 9.67 Å². The predicted molar refractivity (Wildman–Crippen MR) is 109 cm³/mol. The molecular formula is C20H36BrNO. The minimum Gasteiger partial charge on any atom is -0.393 e. The van der Waals surface area contributed by atoms with Crippen molar-refractivity contribution in [1.82, 2.24) is 4.57 Å². The first kappa shape index (κ1) is 24.5. The van der Waals surface area contributed by atoms with Crippen molar-refractivity contribution in [2.45, 2.75) is 80.4 Å². The first-order valence-corrected chi connectivity index (χ1v) is 9.88. The van der Waals surface area contributed by atoms with Crippen LogP contribution in [-0.2, 0) is 6.54 Å². The lowest BCUT2D eigenvalue weighted by Gasteiger charge is -2.06. The number of aliphatic hydroxyl groups excluding tert-OH is 1. The van der Waals surface area contributed by atoms with Gasteiger partial charge in [-0.05, 0) is 50.5 Å². The highest BCUT2D eigenvalue weighted by molar-refractivity contribution is 9.10. The molecule has 0 aliphatic rings. The Hall–Kier alpha value is -0.800. The fourth-order valence-corrected chi connectivity index (χ4v) is 2.47. The summed E-state index contributed by atoms with van der Waals surface area (Å²) >= 11 is 3.48. The van der Waals surface area contributed by atoms with Crippen molar-refractivity contribution < 1.29 is 5.11 Å². The summed E-state index contributed by atoms with van der Waals surface area (Å²) in [4.78, 5) is 0. The van der Waals surface area contributed by atoms with Gasteiger partial charge in [0.15, 0.2) is 0 Å². The van der Waals surface area contributed by atoms with Gasteiger partial charge in [-0.2, -0.15) is 0 Å². The van der Waals surface area contributed by atoms with E-state index >= 15 is 0 Å². The standard InChI is InChI=1S/C14H18BrNO.3C2H6/c1-11(17)4-2-3-8-16-9-7-12-10-13(15)5-6-14(12)16;3*1-2/h5-7,9-11,17H,2-4,8H2,1H3;3*1-2H3. The molecule has 134 valence electrons. The Morgan fingerprint density at radius 1 is 1.00 bits per heavy atom. The lowest BCUT2D eigenvalue weighted by molar-refractivity contribution is 0.180. The lowest BCUT2D eigenvalue weighted by Crippen LogP contribution is -2.01. The molecule has 23 heavy (non-hydrogen) atoms. The minimum atomic E-state index is -0.174. The summed E-state index contributed by atoms with van der Waals surface area (Å²) < 4.78 is 3.40. The second-order valence-electron chi connectivity index (χ2n) is 4.56. The summed E-state index contributed by atoms with van der Waals surface area (Å²) in [6, 6.07) is 8.51. The second-order valence-corrected chi connectivity index (χ2v) is 5.47. The smallest absolute Gasteiger partial charge is 0.0512 e. The molecule has 0 saturated heterocycles. The maximum Gasteiger partial charge on any atom is 0.0512 e. The zero-order chi connectivity index (χ0) is 18.3. The van der Waals surface area contributed by atoms with Crippen LogP contribution in [0.4, 0.5) is 0 Å². The van der Waals surface area contributed by atoms with E-state index in [2.05, 4.69) is 51.0 Å². The van der Waals surface area contributed by atoms with Crippen LogP contribution in [0.5, 0.6) is 0 Å². The van der Waals surface area contributed by atoms with Gasteiger partial charge in [0, 0.05) is 28.1 Å². The molecule has 2 rings (SSSR count). The molecule has 2 aromatic rings. The Morgan fingerprint density at radius 3 is 2.17 bits per heavy atom. The van der Waals surface area contributed by atoms with Crippen molar-refractivity contribution in [3.05, 3.63) is 34.9 Å². The number of aliphatic hydroxyl groups is 1. The summed E-state index contributed by atoms with van der Waals surface area (Å²) in [6.07, 6.45) is 5.05. The van der Waals surface area contributed by atoms with Crippen molar-refractivity contribution in [3.63, 3.8) is 0 Å². The maximum absolute atomic E-state index is 9.20. The molecule has 1 atom stereocenters. The summed E-state index contributed by atoms with van der Waals surface area (Å²) in [5.41, 5.74) is 1.28. The van der Waals surface area contributed by atoms with Gasteiger partial charge in [0.25, 0.3) is 0 Å². The van der Waals surface area contributed by atoms with Crippen LogP contribution in [0.15, 0.2) is 34.9 Å². The summed E-state index contributed by atoms with van der Waals surface area (Å²) in [7, 11) is 0. The molecule has 0 radical (unpaired) electrons. The third-order valence-electron chi connectivity index (χ3n) is 3.00. The van der Waals surface area contributed by atoms with Gasteiger partial charge in [-0.25, -0.2) is 0 Å². The summed E-state index contributed by atoms with van der Waals surface area (Å²) in [6.45, 7) is 14.9. The number of halogens is 1. The number of rotatable bonds is 5. The van der Waals surface area contributed by atoms with E-state index < -0.39 is 0 Å². The Balaban J connectivity index is 0. The zero-order valence-electron chi connectivity index (χ0n) is 16.1. The lowest BCUT2D eigenvalue weighted by atomic mass is 10.2. The third kappa shape index (κ3) is 9.83. The first-order valence-electron chi connectivity index (χ1n) is 9.09. The number of benzene rings is 1. The van der Waals surface area contributed by atoms with Gasteiger partial charge in [-0.3, -0.25) is 0 Å². The number of fused-ring (bicyclic) bond motifs is 1. The van der Waals surface area contributed by atoms with Crippen LogP contribution in [0.2, 0.25) is 0 Å². The van der Waals surface area contributed by atoms with Crippen LogP contribution >= 0.6 is 15.9 Å². The van der Waals surface area contributed by atoms with Crippen molar-refractivity contribution in [2.24, 2.45) is 0 Å². The molecule has 1 unspecified atom stereocenters. The quantitative estimate of drug-likeness (QED) is 0.548. The molecule has 0 aliphatic heterocycles. The average Bonchev–Trinajstić information content (AvgIpc) is 2.99. The molecule has 1 aromatic heterocycles. The predicted octanol–water partition coefficient (Wildman–Crippen LogP) is 7.03. The molecule has 0 bridgehead atoms. The molecule has 0 aliphatic carbocycles. The van der Waals surface area contributed by atoms with E-state index in [9.17, 15) is 5.11 Å². The van der Waals surface area contributed by atoms with Crippen LogP contribution in [0.25, 0.3) is 10.9 Å². The number of aromatic nitrogens is 1. The van der Waals surface area contributed by atoms with E-state index in [1.54, 1.807) is 0 Å². The van der Waals surface area contributed by atoms with Crippen molar-refractivity contribution >= 4 is 26.8 Å². The monoisotopic (exact) mass is 385 g/mol. The highest BCUT2D eigenvalue weighted by Gasteiger charge is 2.01. The second kappa shape index (κ2) is 16.1. The fourth-order valence-electron chi connectivity index (χ4n) is 2.09. The van der Waals surface area contributed by atoms with Crippen LogP contribution in [0.3, 0.4) is 0 Å². The fraction of sp³-hybridized carbons (Fsp3) is 0.600. The van der Waals surface area contributed by atoms with Crippen LogP contribution in [0.1, 0.15) is 67.7 Å². The largest absolute Gasteiger partial charge is 0.393 e. The molecule has 3 heteroatoms. The molecular weight excluding hydrogens is 350 g/mol. The van der Waals surface area contributed by atoms with Crippen molar-refractivity contribution in [3.8, 4) is 0 Å². The highest BCUT2D eigenvalue weighted by atomic mass is 79.9. The average molecular weight is 386 g/mol. The summed E-state index contributed by atoms with van der Waals surface area (Å²) in [5.74, 6) is 0. The molecule has 1 aromatic carbocycles. The molecule has 0 spiro atoms. The topological polar surface area (TPSA) is 25.2 Å². The third-order valence-corrected chi connectivity index (χ3v) is 3.50. The molecule has 0 amide bonds. The van der Waals surface area contributed by atoms with Gasteiger partial charge in [0.05, 0.1) is 6.10 Å². The van der Waals surface area contributed by atoms with Crippen molar-refractivity contribution in [2.75, 3.05) is 0 Å². The van der Waals surface area contributed by atoms with E-state index in [1.807, 2.05) is 48.5 Å². The molecule has 1 N–H and O–H groups in total.